The molecule has 0 radical (unpaired) electrons. The number of rotatable bonds is 13. The number of aryl methyl sites for hydroxylation is 4. The highest BCUT2D eigenvalue weighted by Gasteiger charge is 2.23. The molecule has 4 heterocycles. The lowest BCUT2D eigenvalue weighted by Gasteiger charge is -2.21. The van der Waals surface area contributed by atoms with Crippen LogP contribution >= 0.6 is 0 Å². The molecule has 362 valence electrons. The van der Waals surface area contributed by atoms with Crippen molar-refractivity contribution in [3.8, 4) is 34.6 Å². The molecule has 10 aromatic carbocycles. The number of hydrogen-bond acceptors (Lipinski definition) is 2. The molecule has 4 aromatic heterocycles. The lowest BCUT2D eigenvalue weighted by Crippen LogP contribution is -2.06. The molecule has 14 aromatic rings. The molecule has 0 saturated carbocycles. The first-order valence-electron chi connectivity index (χ1n) is 26.7. The second-order valence-electron chi connectivity index (χ2n) is 20.3. The number of nitriles is 2. The fourth-order valence-corrected chi connectivity index (χ4v) is 12.8. The summed E-state index contributed by atoms with van der Waals surface area (Å²) in [5.41, 5.74) is 16.6. The minimum absolute atomic E-state index is 0.595. The van der Waals surface area contributed by atoms with Gasteiger partial charge in [0.05, 0.1) is 44.6 Å². The van der Waals surface area contributed by atoms with E-state index in [0.29, 0.717) is 11.1 Å². The maximum absolute atomic E-state index is 11.3. The number of unbranched alkanes of at least 4 members (excludes halogenated alkanes) is 2. The van der Waals surface area contributed by atoms with Crippen LogP contribution in [-0.2, 0) is 25.9 Å². The topological polar surface area (TPSA) is 67.3 Å². The zero-order valence-corrected chi connectivity index (χ0v) is 42.1. The minimum Gasteiger partial charge on any atom is -0.340 e. The molecule has 0 aliphatic rings. The first kappa shape index (κ1) is 45.0. The molecule has 0 aliphatic heterocycles. The average Bonchev–Trinajstić information content (AvgIpc) is 4.23. The Morgan fingerprint density at radius 2 is 0.539 bits per heavy atom. The van der Waals surface area contributed by atoms with E-state index in [1.54, 1.807) is 0 Å². The molecule has 76 heavy (non-hydrogen) atoms. The van der Waals surface area contributed by atoms with Crippen LogP contribution in [0.2, 0.25) is 0 Å². The van der Waals surface area contributed by atoms with Crippen molar-refractivity contribution in [2.24, 2.45) is 0 Å². The normalized spacial score (nSPS) is 11.8. The predicted octanol–water partition coefficient (Wildman–Crippen LogP) is 17.6. The third-order valence-electron chi connectivity index (χ3n) is 16.1. The van der Waals surface area contributed by atoms with Crippen LogP contribution < -0.4 is 0 Å². The maximum Gasteiger partial charge on any atom is 0.101 e. The Morgan fingerprint density at radius 1 is 0.289 bits per heavy atom. The molecule has 0 amide bonds. The van der Waals surface area contributed by atoms with Crippen LogP contribution in [0.1, 0.15) is 47.9 Å². The first-order chi connectivity index (χ1) is 37.7. The summed E-state index contributed by atoms with van der Waals surface area (Å²) in [4.78, 5) is 0. The molecular formula is C70H52N6. The number of benzene rings is 10. The van der Waals surface area contributed by atoms with Gasteiger partial charge in [0.25, 0.3) is 0 Å². The van der Waals surface area contributed by atoms with E-state index in [4.69, 9.17) is 0 Å². The van der Waals surface area contributed by atoms with E-state index in [1.165, 1.54) is 43.6 Å². The van der Waals surface area contributed by atoms with Gasteiger partial charge >= 0.3 is 0 Å². The van der Waals surface area contributed by atoms with Crippen molar-refractivity contribution < 1.29 is 0 Å². The highest BCUT2D eigenvalue weighted by Crippen LogP contribution is 2.41. The summed E-state index contributed by atoms with van der Waals surface area (Å²) >= 11 is 0. The van der Waals surface area contributed by atoms with Gasteiger partial charge in [-0.2, -0.15) is 10.5 Å². The molecule has 0 spiro atoms. The smallest absolute Gasteiger partial charge is 0.101 e. The Hall–Kier alpha value is -9.62. The van der Waals surface area contributed by atoms with E-state index < -0.39 is 0 Å². The van der Waals surface area contributed by atoms with Crippen LogP contribution in [0.25, 0.3) is 110 Å². The Morgan fingerprint density at radius 3 is 0.816 bits per heavy atom. The predicted molar refractivity (Wildman–Crippen MR) is 315 cm³/mol. The van der Waals surface area contributed by atoms with E-state index in [2.05, 4.69) is 249 Å². The summed E-state index contributed by atoms with van der Waals surface area (Å²) < 4.78 is 9.54. The molecule has 14 rings (SSSR count). The first-order valence-corrected chi connectivity index (χ1v) is 26.7. The number of aromatic nitrogens is 4. The largest absolute Gasteiger partial charge is 0.340 e. The molecular weight excluding hydrogens is 925 g/mol. The minimum atomic E-state index is 0.595. The van der Waals surface area contributed by atoms with Gasteiger partial charge in [0, 0.05) is 78.2 Å². The molecule has 0 bridgehead atoms. The van der Waals surface area contributed by atoms with Crippen molar-refractivity contribution in [1.29, 1.82) is 10.5 Å². The van der Waals surface area contributed by atoms with Gasteiger partial charge in [-0.1, -0.05) is 146 Å². The summed E-state index contributed by atoms with van der Waals surface area (Å²) in [5.74, 6) is 0. The summed E-state index contributed by atoms with van der Waals surface area (Å²) in [5, 5.41) is 32.4. The summed E-state index contributed by atoms with van der Waals surface area (Å²) in [6.45, 7) is 1.76. The Bertz CT molecular complexity index is 4180. The molecule has 0 saturated heterocycles. The van der Waals surface area contributed by atoms with Crippen LogP contribution in [0.5, 0.6) is 0 Å². The molecule has 0 unspecified atom stereocenters. The number of hydrogen-bond donors (Lipinski definition) is 0. The third-order valence-corrected chi connectivity index (χ3v) is 16.1. The van der Waals surface area contributed by atoms with E-state index in [0.717, 1.165) is 129 Å². The monoisotopic (exact) mass is 976 g/mol. The van der Waals surface area contributed by atoms with Gasteiger partial charge in [-0.3, -0.25) is 0 Å². The SMILES string of the molecule is N#Cc1cc(-c2cc(C#N)c(-n3c4ccccc4c4ccccc43)cc2CCCCn2c3ccccc3c3ccccc32)c(CCCCn2c3ccccc3c3ccccc32)cc1-n1c2ccccc2c2ccccc21. The lowest BCUT2D eigenvalue weighted by atomic mass is 9.87. The molecule has 6 nitrogen and oxygen atoms in total. The average molecular weight is 977 g/mol. The zero-order chi connectivity index (χ0) is 50.7. The van der Waals surface area contributed by atoms with Crippen LogP contribution in [0, 0.1) is 22.7 Å². The fraction of sp³-hybridized carbons (Fsp3) is 0.114. The van der Waals surface area contributed by atoms with E-state index in [9.17, 15) is 10.5 Å². The standard InChI is InChI=1S/C70H52N6/c71-45-49-41-59(47(43-69(49)75-65-35-13-5-27-55(65)56-28-6-14-36-66(56)75)21-17-19-39-73-61-31-9-1-23-51(61)52-24-2-10-32-62(52)73)60-42-50(46-72)70(76-67-37-15-7-29-57(67)58-30-8-16-38-68(58)76)44-48(60)22-18-20-40-74-63-33-11-3-25-53(63)54-26-4-12-34-64(54)74/h1-16,23-38,41-44H,17-22,39-40H2. The summed E-state index contributed by atoms with van der Waals surface area (Å²) in [6.07, 6.45) is 5.32. The molecule has 6 heteroatoms. The second-order valence-corrected chi connectivity index (χ2v) is 20.3. The Balaban J connectivity index is 0.925. The van der Waals surface area contributed by atoms with Crippen molar-refractivity contribution >= 4 is 87.2 Å². The third kappa shape index (κ3) is 7.29. The molecule has 0 aliphatic carbocycles. The Labute approximate surface area is 440 Å². The molecule has 0 fully saturated rings. The van der Waals surface area contributed by atoms with Gasteiger partial charge in [-0.15, -0.1) is 0 Å². The quantitative estimate of drug-likeness (QED) is 0.108. The van der Waals surface area contributed by atoms with E-state index in [1.807, 2.05) is 0 Å². The fourth-order valence-electron chi connectivity index (χ4n) is 12.8. The summed E-state index contributed by atoms with van der Waals surface area (Å²) in [7, 11) is 0. The summed E-state index contributed by atoms with van der Waals surface area (Å²) in [6, 6.07) is 83.4. The van der Waals surface area contributed by atoms with Crippen molar-refractivity contribution in [2.75, 3.05) is 0 Å². The van der Waals surface area contributed by atoms with E-state index in [-0.39, 0.29) is 0 Å². The number of fused-ring (bicyclic) bond motifs is 12. The van der Waals surface area contributed by atoms with Gasteiger partial charge in [-0.05, 0) is 134 Å². The van der Waals surface area contributed by atoms with Crippen molar-refractivity contribution in [3.05, 3.63) is 241 Å². The van der Waals surface area contributed by atoms with Crippen molar-refractivity contribution in [2.45, 2.75) is 51.6 Å². The van der Waals surface area contributed by atoms with Crippen LogP contribution in [0.4, 0.5) is 0 Å². The Kier molecular flexibility index (Phi) is 11.1. The van der Waals surface area contributed by atoms with Crippen LogP contribution in [0.15, 0.2) is 218 Å². The highest BCUT2D eigenvalue weighted by molar-refractivity contribution is 6.12. The van der Waals surface area contributed by atoms with Gasteiger partial charge in [0.1, 0.15) is 12.1 Å². The molecule has 0 N–H and O–H groups in total. The maximum atomic E-state index is 11.3. The number of para-hydroxylation sites is 8. The van der Waals surface area contributed by atoms with E-state index >= 15 is 0 Å². The van der Waals surface area contributed by atoms with Gasteiger partial charge < -0.3 is 18.3 Å². The van der Waals surface area contributed by atoms with Crippen molar-refractivity contribution in [1.82, 2.24) is 18.3 Å². The highest BCUT2D eigenvalue weighted by atomic mass is 15.0. The van der Waals surface area contributed by atoms with Crippen molar-refractivity contribution in [3.63, 3.8) is 0 Å². The zero-order valence-electron chi connectivity index (χ0n) is 42.1. The van der Waals surface area contributed by atoms with Gasteiger partial charge in [0.2, 0.25) is 0 Å². The van der Waals surface area contributed by atoms with Gasteiger partial charge in [0.15, 0.2) is 0 Å². The van der Waals surface area contributed by atoms with Crippen LogP contribution in [0.3, 0.4) is 0 Å². The van der Waals surface area contributed by atoms with Crippen LogP contribution in [-0.4, -0.2) is 18.3 Å². The molecule has 0 atom stereocenters. The lowest BCUT2D eigenvalue weighted by molar-refractivity contribution is 0.635. The van der Waals surface area contributed by atoms with Gasteiger partial charge in [-0.25, -0.2) is 0 Å². The second kappa shape index (κ2) is 18.7. The number of nitrogens with zero attached hydrogens (tertiary/aromatic N) is 6.